The largest absolute Gasteiger partial charge is 0.481 e. The van der Waals surface area contributed by atoms with Gasteiger partial charge in [0, 0.05) is 12.5 Å². The maximum atomic E-state index is 11.3. The smallest absolute Gasteiger partial charge is 0.330 e. The number of aliphatic carboxylic acids is 1. The number of rotatable bonds is 8. The molecule has 0 rings (SSSR count). The summed E-state index contributed by atoms with van der Waals surface area (Å²) < 4.78 is 5.17. The zero-order valence-corrected chi connectivity index (χ0v) is 9.94. The number of esters is 1. The van der Waals surface area contributed by atoms with Crippen molar-refractivity contribution in [3.63, 3.8) is 0 Å². The summed E-state index contributed by atoms with van der Waals surface area (Å²) in [7, 11) is 0. The number of carboxylic acids is 1. The van der Waals surface area contributed by atoms with E-state index in [0.717, 1.165) is 19.3 Å². The van der Waals surface area contributed by atoms with Gasteiger partial charge in [-0.3, -0.25) is 4.79 Å². The molecule has 4 nitrogen and oxygen atoms in total. The van der Waals surface area contributed by atoms with Crippen molar-refractivity contribution in [2.75, 3.05) is 0 Å². The highest BCUT2D eigenvalue weighted by atomic mass is 16.5. The molecule has 0 aromatic rings. The summed E-state index contributed by atoms with van der Waals surface area (Å²) in [6, 6.07) is 0. The average Bonchev–Trinajstić information content (AvgIpc) is 2.23. The third kappa shape index (κ3) is 8.03. The fraction of sp³-hybridized carbons (Fsp3) is 0.667. The first-order valence-corrected chi connectivity index (χ1v) is 5.69. The zero-order chi connectivity index (χ0) is 12.4. The molecular weight excluding hydrogens is 208 g/mol. The zero-order valence-electron chi connectivity index (χ0n) is 9.94. The van der Waals surface area contributed by atoms with E-state index in [1.807, 2.05) is 13.8 Å². The second kappa shape index (κ2) is 8.95. The van der Waals surface area contributed by atoms with Gasteiger partial charge >= 0.3 is 11.9 Å². The molecule has 1 atom stereocenters. The summed E-state index contributed by atoms with van der Waals surface area (Å²) in [4.78, 5) is 21.5. The lowest BCUT2D eigenvalue weighted by atomic mass is 10.1. The molecular formula is C12H20O4. The monoisotopic (exact) mass is 228 g/mol. The minimum atomic E-state index is -0.865. The maximum absolute atomic E-state index is 11.3. The number of ether oxygens (including phenoxy) is 1. The van der Waals surface area contributed by atoms with Crippen LogP contribution in [0.1, 0.15) is 46.0 Å². The molecule has 4 heteroatoms. The van der Waals surface area contributed by atoms with Gasteiger partial charge in [-0.1, -0.05) is 26.3 Å². The summed E-state index contributed by atoms with van der Waals surface area (Å²) >= 11 is 0. The van der Waals surface area contributed by atoms with Crippen LogP contribution in [0.2, 0.25) is 0 Å². The Bertz CT molecular complexity index is 245. The molecule has 0 aromatic heterocycles. The predicted molar refractivity (Wildman–Crippen MR) is 61.1 cm³/mol. The Balaban J connectivity index is 3.82. The van der Waals surface area contributed by atoms with Gasteiger partial charge in [0.05, 0.1) is 0 Å². The molecule has 0 aliphatic carbocycles. The van der Waals surface area contributed by atoms with E-state index in [9.17, 15) is 9.59 Å². The second-order valence-electron chi connectivity index (χ2n) is 3.59. The maximum Gasteiger partial charge on any atom is 0.330 e. The fourth-order valence-electron chi connectivity index (χ4n) is 1.26. The van der Waals surface area contributed by atoms with E-state index in [2.05, 4.69) is 0 Å². The van der Waals surface area contributed by atoms with Crippen molar-refractivity contribution < 1.29 is 19.4 Å². The molecule has 0 saturated carbocycles. The van der Waals surface area contributed by atoms with Crippen molar-refractivity contribution in [3.05, 3.63) is 12.2 Å². The molecule has 0 spiro atoms. The number of hydrogen-bond donors (Lipinski definition) is 1. The molecule has 0 aliphatic heterocycles. The fourth-order valence-corrected chi connectivity index (χ4v) is 1.26. The Hall–Kier alpha value is -1.32. The van der Waals surface area contributed by atoms with Crippen molar-refractivity contribution >= 4 is 11.9 Å². The summed E-state index contributed by atoms with van der Waals surface area (Å²) in [6.07, 6.45) is 5.87. The number of carbonyl (C=O) groups excluding carboxylic acids is 1. The minimum absolute atomic E-state index is 0.0263. The number of carbonyl (C=O) groups is 2. The Morgan fingerprint density at radius 1 is 1.38 bits per heavy atom. The minimum Gasteiger partial charge on any atom is -0.481 e. The molecule has 0 heterocycles. The summed E-state index contributed by atoms with van der Waals surface area (Å²) in [6.45, 7) is 4.01. The number of carboxylic acid groups (broad SMARTS) is 1. The summed E-state index contributed by atoms with van der Waals surface area (Å²) in [5.41, 5.74) is 0. The molecule has 1 unspecified atom stereocenters. The lowest BCUT2D eigenvalue weighted by Crippen LogP contribution is -2.15. The highest BCUT2D eigenvalue weighted by molar-refractivity contribution is 5.82. The number of allylic oxidation sites excluding steroid dienone is 1. The van der Waals surface area contributed by atoms with E-state index in [4.69, 9.17) is 9.84 Å². The van der Waals surface area contributed by atoms with Gasteiger partial charge in [0.25, 0.3) is 0 Å². The molecule has 1 N–H and O–H groups in total. The third-order valence-corrected chi connectivity index (χ3v) is 2.13. The SMILES string of the molecule is CCCC(CC)OC(=O)C=CCCC(=O)O. The van der Waals surface area contributed by atoms with Crippen LogP contribution in [0.25, 0.3) is 0 Å². The predicted octanol–water partition coefficient (Wildman–Crippen LogP) is 2.53. The van der Waals surface area contributed by atoms with Crippen LogP contribution in [0, 0.1) is 0 Å². The molecule has 0 aliphatic rings. The van der Waals surface area contributed by atoms with Crippen LogP contribution in [0.15, 0.2) is 12.2 Å². The van der Waals surface area contributed by atoms with Crippen LogP contribution in [0.5, 0.6) is 0 Å². The van der Waals surface area contributed by atoms with Crippen molar-refractivity contribution in [1.29, 1.82) is 0 Å². The van der Waals surface area contributed by atoms with Gasteiger partial charge in [0.1, 0.15) is 6.10 Å². The van der Waals surface area contributed by atoms with Crippen LogP contribution >= 0.6 is 0 Å². The quantitative estimate of drug-likeness (QED) is 0.512. The van der Waals surface area contributed by atoms with Gasteiger partial charge in [0.15, 0.2) is 0 Å². The van der Waals surface area contributed by atoms with Gasteiger partial charge in [-0.2, -0.15) is 0 Å². The number of hydrogen-bond acceptors (Lipinski definition) is 3. The van der Waals surface area contributed by atoms with Crippen molar-refractivity contribution in [2.24, 2.45) is 0 Å². The van der Waals surface area contributed by atoms with Gasteiger partial charge in [-0.25, -0.2) is 4.79 Å². The molecule has 0 saturated heterocycles. The van der Waals surface area contributed by atoms with Crippen LogP contribution in [-0.2, 0) is 14.3 Å². The molecule has 16 heavy (non-hydrogen) atoms. The van der Waals surface area contributed by atoms with E-state index in [1.165, 1.54) is 12.2 Å². The van der Waals surface area contributed by atoms with Gasteiger partial charge in [0.2, 0.25) is 0 Å². The Kier molecular flexibility index (Phi) is 8.21. The van der Waals surface area contributed by atoms with Crippen LogP contribution in [0.3, 0.4) is 0 Å². The van der Waals surface area contributed by atoms with E-state index in [0.29, 0.717) is 6.42 Å². The normalized spacial score (nSPS) is 12.6. The lowest BCUT2D eigenvalue weighted by Gasteiger charge is -2.13. The molecule has 0 amide bonds. The molecule has 0 fully saturated rings. The highest BCUT2D eigenvalue weighted by Gasteiger charge is 2.08. The Labute approximate surface area is 96.3 Å². The van der Waals surface area contributed by atoms with Crippen molar-refractivity contribution in [2.45, 2.75) is 52.1 Å². The van der Waals surface area contributed by atoms with Crippen molar-refractivity contribution in [3.8, 4) is 0 Å². The van der Waals surface area contributed by atoms with Crippen LogP contribution < -0.4 is 0 Å². The van der Waals surface area contributed by atoms with E-state index in [1.54, 1.807) is 0 Å². The average molecular weight is 228 g/mol. The first-order chi connectivity index (χ1) is 7.60. The van der Waals surface area contributed by atoms with Gasteiger partial charge in [-0.05, 0) is 19.3 Å². The first kappa shape index (κ1) is 14.7. The lowest BCUT2D eigenvalue weighted by molar-refractivity contribution is -0.143. The third-order valence-electron chi connectivity index (χ3n) is 2.13. The molecule has 92 valence electrons. The summed E-state index contributed by atoms with van der Waals surface area (Å²) in [5.74, 6) is -1.25. The second-order valence-corrected chi connectivity index (χ2v) is 3.59. The van der Waals surface area contributed by atoms with E-state index >= 15 is 0 Å². The molecule has 0 radical (unpaired) electrons. The Morgan fingerprint density at radius 2 is 2.06 bits per heavy atom. The summed E-state index contributed by atoms with van der Waals surface area (Å²) in [5, 5.41) is 8.38. The van der Waals surface area contributed by atoms with Crippen LogP contribution in [-0.4, -0.2) is 23.1 Å². The van der Waals surface area contributed by atoms with Gasteiger partial charge < -0.3 is 9.84 Å². The van der Waals surface area contributed by atoms with Crippen LogP contribution in [0.4, 0.5) is 0 Å². The first-order valence-electron chi connectivity index (χ1n) is 5.69. The van der Waals surface area contributed by atoms with E-state index < -0.39 is 5.97 Å². The van der Waals surface area contributed by atoms with Gasteiger partial charge in [-0.15, -0.1) is 0 Å². The molecule has 0 aromatic carbocycles. The Morgan fingerprint density at radius 3 is 2.56 bits per heavy atom. The standard InChI is InChI=1S/C12H20O4/c1-3-7-10(4-2)16-12(15)9-6-5-8-11(13)14/h6,9-10H,3-5,7-8H2,1-2H3,(H,13,14). The van der Waals surface area contributed by atoms with Crippen molar-refractivity contribution in [1.82, 2.24) is 0 Å². The molecule has 0 bridgehead atoms. The highest BCUT2D eigenvalue weighted by Crippen LogP contribution is 2.07. The van der Waals surface area contributed by atoms with E-state index in [-0.39, 0.29) is 18.5 Å². The topological polar surface area (TPSA) is 63.6 Å².